The minimum Gasteiger partial charge on any atom is -0.381 e. The lowest BCUT2D eigenvalue weighted by atomic mass is 9.88. The molecule has 1 unspecified atom stereocenters. The van der Waals surface area contributed by atoms with Crippen LogP contribution >= 0.6 is 0 Å². The molecule has 0 aliphatic carbocycles. The molecule has 2 heterocycles. The molecule has 2 nitrogen and oxygen atoms in total. The number of hydrogen-bond acceptors (Lipinski definition) is 2. The Morgan fingerprint density at radius 2 is 1.85 bits per heavy atom. The van der Waals surface area contributed by atoms with Gasteiger partial charge >= 0.3 is 0 Å². The van der Waals surface area contributed by atoms with E-state index in [1.54, 1.807) is 5.56 Å². The molecule has 1 aromatic carbocycles. The molecule has 2 saturated heterocycles. The first kappa shape index (κ1) is 14.1. The molecule has 1 atom stereocenters. The van der Waals surface area contributed by atoms with Crippen molar-refractivity contribution in [3.63, 3.8) is 0 Å². The van der Waals surface area contributed by atoms with Crippen LogP contribution in [0.4, 0.5) is 0 Å². The smallest absolute Gasteiger partial charge is 0.0480 e. The highest BCUT2D eigenvalue weighted by Crippen LogP contribution is 2.36. The number of ether oxygens (including phenoxy) is 1. The third-order valence-corrected chi connectivity index (χ3v) is 5.21. The normalized spacial score (nSPS) is 25.8. The molecule has 3 rings (SSSR count). The topological polar surface area (TPSA) is 12.5 Å². The van der Waals surface area contributed by atoms with E-state index in [0.29, 0.717) is 6.04 Å². The van der Waals surface area contributed by atoms with E-state index >= 15 is 0 Å². The third kappa shape index (κ3) is 2.77. The van der Waals surface area contributed by atoms with Gasteiger partial charge in [0.25, 0.3) is 0 Å². The predicted molar refractivity (Wildman–Crippen MR) is 83.1 cm³/mol. The van der Waals surface area contributed by atoms with Gasteiger partial charge in [0.1, 0.15) is 0 Å². The number of nitrogens with zero attached hydrogens (tertiary/aromatic N) is 1. The van der Waals surface area contributed by atoms with Crippen molar-refractivity contribution < 1.29 is 4.74 Å². The quantitative estimate of drug-likeness (QED) is 0.807. The minimum atomic E-state index is 0.631. The number of piperidine rings is 1. The van der Waals surface area contributed by atoms with Crippen LogP contribution in [0.15, 0.2) is 18.2 Å². The van der Waals surface area contributed by atoms with Crippen molar-refractivity contribution in [1.29, 1.82) is 0 Å². The van der Waals surface area contributed by atoms with Gasteiger partial charge < -0.3 is 4.74 Å². The number of rotatable bonds is 2. The van der Waals surface area contributed by atoms with Crippen LogP contribution in [0.25, 0.3) is 0 Å². The van der Waals surface area contributed by atoms with Gasteiger partial charge in [0.05, 0.1) is 0 Å². The van der Waals surface area contributed by atoms with E-state index in [1.807, 2.05) is 0 Å². The summed E-state index contributed by atoms with van der Waals surface area (Å²) in [7, 11) is 0. The summed E-state index contributed by atoms with van der Waals surface area (Å²) in [4.78, 5) is 2.79. The molecule has 110 valence electrons. The molecule has 2 fully saturated rings. The Hall–Kier alpha value is -0.860. The second-order valence-electron chi connectivity index (χ2n) is 6.38. The zero-order valence-electron chi connectivity index (χ0n) is 12.9. The molecule has 2 aliphatic rings. The maximum absolute atomic E-state index is 5.55. The molecule has 1 aromatic rings. The molecular formula is C18H27NO. The van der Waals surface area contributed by atoms with Gasteiger partial charge in [0.15, 0.2) is 0 Å². The summed E-state index contributed by atoms with van der Waals surface area (Å²) in [6.07, 6.45) is 6.47. The highest BCUT2D eigenvalue weighted by Gasteiger charge is 2.31. The van der Waals surface area contributed by atoms with Crippen LogP contribution < -0.4 is 0 Å². The van der Waals surface area contributed by atoms with Crippen molar-refractivity contribution in [2.45, 2.75) is 58.0 Å². The average Bonchev–Trinajstić information content (AvgIpc) is 2.51. The first-order valence-corrected chi connectivity index (χ1v) is 8.17. The molecule has 2 heteroatoms. The Kier molecular flexibility index (Phi) is 4.42. The van der Waals surface area contributed by atoms with Crippen LogP contribution in [-0.2, 0) is 4.74 Å². The Balaban J connectivity index is 1.86. The molecular weight excluding hydrogens is 246 g/mol. The van der Waals surface area contributed by atoms with Crippen molar-refractivity contribution in [3.8, 4) is 0 Å². The van der Waals surface area contributed by atoms with E-state index in [2.05, 4.69) is 36.9 Å². The fourth-order valence-electron chi connectivity index (χ4n) is 3.88. The molecule has 0 N–H and O–H groups in total. The molecule has 0 amide bonds. The molecule has 0 spiro atoms. The van der Waals surface area contributed by atoms with Gasteiger partial charge in [-0.15, -0.1) is 0 Å². The van der Waals surface area contributed by atoms with E-state index in [9.17, 15) is 0 Å². The summed E-state index contributed by atoms with van der Waals surface area (Å²) in [5, 5.41) is 0. The SMILES string of the molecule is Cc1cccc(C2CCCCN2C2CCOCC2)c1C. The Labute approximate surface area is 123 Å². The summed E-state index contributed by atoms with van der Waals surface area (Å²) >= 11 is 0. The Morgan fingerprint density at radius 3 is 2.65 bits per heavy atom. The number of hydrogen-bond donors (Lipinski definition) is 0. The molecule has 0 aromatic heterocycles. The van der Waals surface area contributed by atoms with E-state index in [-0.39, 0.29) is 0 Å². The molecule has 0 bridgehead atoms. The monoisotopic (exact) mass is 273 g/mol. The second kappa shape index (κ2) is 6.28. The van der Waals surface area contributed by atoms with Crippen LogP contribution in [0, 0.1) is 13.8 Å². The van der Waals surface area contributed by atoms with E-state index in [0.717, 1.165) is 19.3 Å². The van der Waals surface area contributed by atoms with Crippen LogP contribution in [0.3, 0.4) is 0 Å². The van der Waals surface area contributed by atoms with Crippen molar-refractivity contribution in [1.82, 2.24) is 4.90 Å². The summed E-state index contributed by atoms with van der Waals surface area (Å²) in [5.74, 6) is 0. The van der Waals surface area contributed by atoms with E-state index in [1.165, 1.54) is 49.8 Å². The lowest BCUT2D eigenvalue weighted by molar-refractivity contribution is 0.00397. The zero-order valence-corrected chi connectivity index (χ0v) is 12.9. The molecule has 20 heavy (non-hydrogen) atoms. The minimum absolute atomic E-state index is 0.631. The van der Waals surface area contributed by atoms with Crippen molar-refractivity contribution >= 4 is 0 Å². The molecule has 2 aliphatic heterocycles. The molecule has 0 radical (unpaired) electrons. The van der Waals surface area contributed by atoms with Crippen LogP contribution in [-0.4, -0.2) is 30.7 Å². The largest absolute Gasteiger partial charge is 0.381 e. The van der Waals surface area contributed by atoms with E-state index < -0.39 is 0 Å². The standard InChI is InChI=1S/C18H27NO/c1-14-6-5-7-17(15(14)2)18-8-3-4-11-19(18)16-9-12-20-13-10-16/h5-7,16,18H,3-4,8-13H2,1-2H3. The lowest BCUT2D eigenvalue weighted by Gasteiger charge is -2.43. The summed E-state index contributed by atoms with van der Waals surface area (Å²) < 4.78 is 5.55. The number of aryl methyl sites for hydroxylation is 1. The fourth-order valence-corrected chi connectivity index (χ4v) is 3.88. The van der Waals surface area contributed by atoms with Crippen LogP contribution in [0.2, 0.25) is 0 Å². The first-order valence-electron chi connectivity index (χ1n) is 8.17. The predicted octanol–water partition coefficient (Wildman–Crippen LogP) is 4.01. The third-order valence-electron chi connectivity index (χ3n) is 5.21. The Morgan fingerprint density at radius 1 is 1.05 bits per heavy atom. The van der Waals surface area contributed by atoms with Gasteiger partial charge in [0.2, 0.25) is 0 Å². The lowest BCUT2D eigenvalue weighted by Crippen LogP contribution is -2.44. The maximum atomic E-state index is 5.55. The van der Waals surface area contributed by atoms with Gasteiger partial charge in [-0.25, -0.2) is 0 Å². The average molecular weight is 273 g/mol. The number of benzene rings is 1. The highest BCUT2D eigenvalue weighted by atomic mass is 16.5. The summed E-state index contributed by atoms with van der Waals surface area (Å²) in [6, 6.07) is 8.18. The van der Waals surface area contributed by atoms with Gasteiger partial charge in [-0.1, -0.05) is 24.6 Å². The molecule has 0 saturated carbocycles. The Bertz CT molecular complexity index is 451. The van der Waals surface area contributed by atoms with Gasteiger partial charge in [-0.3, -0.25) is 4.90 Å². The van der Waals surface area contributed by atoms with Gasteiger partial charge in [-0.05, 0) is 62.8 Å². The first-order chi connectivity index (χ1) is 9.77. The van der Waals surface area contributed by atoms with Crippen molar-refractivity contribution in [3.05, 3.63) is 34.9 Å². The second-order valence-corrected chi connectivity index (χ2v) is 6.38. The van der Waals surface area contributed by atoms with Crippen LogP contribution in [0.5, 0.6) is 0 Å². The van der Waals surface area contributed by atoms with Crippen LogP contribution in [0.1, 0.15) is 54.8 Å². The van der Waals surface area contributed by atoms with Crippen molar-refractivity contribution in [2.24, 2.45) is 0 Å². The van der Waals surface area contributed by atoms with Gasteiger partial charge in [-0.2, -0.15) is 0 Å². The number of likely N-dealkylation sites (tertiary alicyclic amines) is 1. The van der Waals surface area contributed by atoms with Crippen molar-refractivity contribution in [2.75, 3.05) is 19.8 Å². The zero-order chi connectivity index (χ0) is 13.9. The maximum Gasteiger partial charge on any atom is 0.0480 e. The van der Waals surface area contributed by atoms with Gasteiger partial charge in [0, 0.05) is 25.3 Å². The highest BCUT2D eigenvalue weighted by molar-refractivity contribution is 5.35. The fraction of sp³-hybridized carbons (Fsp3) is 0.667. The summed E-state index contributed by atoms with van der Waals surface area (Å²) in [6.45, 7) is 7.69. The summed E-state index contributed by atoms with van der Waals surface area (Å²) in [5.41, 5.74) is 4.49. The van der Waals surface area contributed by atoms with E-state index in [4.69, 9.17) is 4.74 Å².